The van der Waals surface area contributed by atoms with Gasteiger partial charge in [-0.1, -0.05) is 227 Å². The fraction of sp³-hybridized carbons (Fsp3) is 0.954. The molecule has 1 aliphatic rings. The van der Waals surface area contributed by atoms with Gasteiger partial charge in [0.05, 0.1) is 19.8 Å². The van der Waals surface area contributed by atoms with E-state index >= 15 is 0 Å². The molecule has 0 aromatic carbocycles. The zero-order chi connectivity index (χ0) is 53.8. The predicted octanol–water partition coefficient (Wildman–Crippen LogP) is 17.3. The fourth-order valence-corrected chi connectivity index (χ4v) is 11.1. The number of hydrogen-bond acceptors (Lipinski definition) is 8. The van der Waals surface area contributed by atoms with Gasteiger partial charge >= 0.3 is 11.9 Å². The van der Waals surface area contributed by atoms with Crippen molar-refractivity contribution in [2.75, 3.05) is 59.1 Å². The molecule has 2 N–H and O–H groups in total. The SMILES string of the molecule is CCCCCCCCCCC(=O)OCC(CCCCN(CCN(CCO)CCCCCC(=O)NCC(CCCCCC)CCCCCCCC)C1CCC1)COC(=O)CC(CCCCCC)CCCCCCCC. The molecular weight excluding hydrogens is 919 g/mol. The fourth-order valence-electron chi connectivity index (χ4n) is 11.1. The van der Waals surface area contributed by atoms with Gasteiger partial charge in [-0.2, -0.15) is 0 Å². The third-order valence-corrected chi connectivity index (χ3v) is 16.5. The number of amides is 1. The van der Waals surface area contributed by atoms with E-state index in [0.29, 0.717) is 56.9 Å². The number of rotatable bonds is 58. The lowest BCUT2D eigenvalue weighted by Crippen LogP contribution is -2.45. The van der Waals surface area contributed by atoms with Gasteiger partial charge in [0.15, 0.2) is 0 Å². The van der Waals surface area contributed by atoms with Crippen molar-refractivity contribution in [1.29, 1.82) is 0 Å². The Balaban J connectivity index is 2.69. The van der Waals surface area contributed by atoms with Crippen molar-refractivity contribution in [3.8, 4) is 0 Å². The summed E-state index contributed by atoms with van der Waals surface area (Å²) < 4.78 is 12.0. The summed E-state index contributed by atoms with van der Waals surface area (Å²) in [5.41, 5.74) is 0. The number of carbonyl (C=O) groups is 3. The lowest BCUT2D eigenvalue weighted by atomic mass is 9.91. The number of nitrogens with one attached hydrogen (secondary N) is 1. The first kappa shape index (κ1) is 70.3. The van der Waals surface area contributed by atoms with E-state index in [2.05, 4.69) is 49.7 Å². The average Bonchev–Trinajstić information content (AvgIpc) is 3.38. The molecule has 0 bridgehead atoms. The Morgan fingerprint density at radius 1 is 0.446 bits per heavy atom. The van der Waals surface area contributed by atoms with Crippen LogP contribution in [-0.2, 0) is 23.9 Å². The van der Waals surface area contributed by atoms with Crippen LogP contribution in [0.4, 0.5) is 0 Å². The summed E-state index contributed by atoms with van der Waals surface area (Å²) >= 11 is 0. The molecule has 9 heteroatoms. The molecule has 3 unspecified atom stereocenters. The molecule has 1 fully saturated rings. The number of ether oxygens (including phenoxy) is 2. The molecule has 0 spiro atoms. The Labute approximate surface area is 460 Å². The summed E-state index contributed by atoms with van der Waals surface area (Å²) in [6.07, 6.45) is 51.3. The van der Waals surface area contributed by atoms with Crippen molar-refractivity contribution in [2.24, 2.45) is 17.8 Å². The number of carbonyl (C=O) groups excluding carboxylic acids is 3. The van der Waals surface area contributed by atoms with E-state index < -0.39 is 0 Å². The van der Waals surface area contributed by atoms with Crippen LogP contribution in [0.2, 0.25) is 0 Å². The van der Waals surface area contributed by atoms with Crippen LogP contribution >= 0.6 is 0 Å². The highest BCUT2D eigenvalue weighted by molar-refractivity contribution is 5.75. The minimum atomic E-state index is -0.113. The standard InChI is InChI=1S/C65H127N3O6/c1-6-11-16-21-24-25-28-35-48-64(71)73-57-61(58-74-65(72)55-59(40-30-19-14-9-4)41-32-26-22-17-12-7-2)44-36-38-50-68(62-45-39-46-62)52-51-67(53-54-69)49-37-29-34-47-63(70)66-56-60(42-31-20-15-10-5)43-33-27-23-18-13-8-3/h59-62,69H,6-58H2,1-5H3,(H,66,70). The number of unbranched alkanes of at least 4 members (excludes halogenated alkanes) is 26. The van der Waals surface area contributed by atoms with E-state index in [4.69, 9.17) is 9.47 Å². The minimum Gasteiger partial charge on any atom is -0.465 e. The number of aliphatic hydroxyl groups is 1. The van der Waals surface area contributed by atoms with Gasteiger partial charge in [0.1, 0.15) is 0 Å². The van der Waals surface area contributed by atoms with Crippen molar-refractivity contribution >= 4 is 17.8 Å². The lowest BCUT2D eigenvalue weighted by Gasteiger charge is -2.39. The van der Waals surface area contributed by atoms with Crippen LogP contribution in [0.1, 0.15) is 317 Å². The van der Waals surface area contributed by atoms with E-state index in [-0.39, 0.29) is 30.4 Å². The van der Waals surface area contributed by atoms with Crippen LogP contribution in [0.5, 0.6) is 0 Å². The molecule has 0 heterocycles. The summed E-state index contributed by atoms with van der Waals surface area (Å²) in [7, 11) is 0. The van der Waals surface area contributed by atoms with Crippen molar-refractivity contribution in [1.82, 2.24) is 15.1 Å². The molecule has 0 aromatic heterocycles. The number of hydrogen-bond donors (Lipinski definition) is 2. The lowest BCUT2D eigenvalue weighted by molar-refractivity contribution is -0.150. The van der Waals surface area contributed by atoms with Crippen molar-refractivity contribution in [3.05, 3.63) is 0 Å². The predicted molar refractivity (Wildman–Crippen MR) is 316 cm³/mol. The van der Waals surface area contributed by atoms with Crippen LogP contribution in [0.25, 0.3) is 0 Å². The second kappa shape index (κ2) is 53.3. The largest absolute Gasteiger partial charge is 0.465 e. The molecule has 438 valence electrons. The number of esters is 2. The molecule has 1 saturated carbocycles. The Kier molecular flexibility index (Phi) is 50.6. The van der Waals surface area contributed by atoms with Crippen LogP contribution in [-0.4, -0.2) is 97.9 Å². The quantitative estimate of drug-likeness (QED) is 0.0458. The average molecular weight is 1050 g/mol. The van der Waals surface area contributed by atoms with E-state index in [1.54, 1.807) is 0 Å². The highest BCUT2D eigenvalue weighted by Gasteiger charge is 2.25. The van der Waals surface area contributed by atoms with Gasteiger partial charge in [-0.15, -0.1) is 0 Å². The molecule has 0 saturated heterocycles. The molecule has 0 aliphatic heterocycles. The van der Waals surface area contributed by atoms with Crippen LogP contribution < -0.4 is 5.32 Å². The molecule has 0 aromatic rings. The number of aliphatic hydroxyl groups excluding tert-OH is 1. The smallest absolute Gasteiger partial charge is 0.306 e. The zero-order valence-electron chi connectivity index (χ0n) is 50.2. The number of nitrogens with zero attached hydrogens (tertiary/aromatic N) is 2. The molecule has 9 nitrogen and oxygen atoms in total. The third-order valence-electron chi connectivity index (χ3n) is 16.5. The summed E-state index contributed by atoms with van der Waals surface area (Å²) in [4.78, 5) is 44.4. The maximum absolute atomic E-state index is 13.4. The third kappa shape index (κ3) is 43.3. The Morgan fingerprint density at radius 2 is 0.865 bits per heavy atom. The van der Waals surface area contributed by atoms with Gasteiger partial charge < -0.3 is 19.9 Å². The topological polar surface area (TPSA) is 108 Å². The van der Waals surface area contributed by atoms with Gasteiger partial charge in [-0.25, -0.2) is 0 Å². The molecule has 1 aliphatic carbocycles. The van der Waals surface area contributed by atoms with E-state index in [0.717, 1.165) is 96.9 Å². The van der Waals surface area contributed by atoms with Gasteiger partial charge in [-0.05, 0) is 95.6 Å². The van der Waals surface area contributed by atoms with Crippen LogP contribution in [0.3, 0.4) is 0 Å². The molecule has 1 rings (SSSR count). The van der Waals surface area contributed by atoms with Crippen molar-refractivity contribution in [2.45, 2.75) is 323 Å². The first-order valence-corrected chi connectivity index (χ1v) is 32.9. The molecule has 0 radical (unpaired) electrons. The van der Waals surface area contributed by atoms with E-state index in [1.807, 2.05) is 0 Å². The Hall–Kier alpha value is -1.71. The highest BCUT2D eigenvalue weighted by Crippen LogP contribution is 2.27. The van der Waals surface area contributed by atoms with Crippen molar-refractivity contribution in [3.63, 3.8) is 0 Å². The van der Waals surface area contributed by atoms with Crippen LogP contribution in [0, 0.1) is 17.8 Å². The highest BCUT2D eigenvalue weighted by atomic mass is 16.5. The van der Waals surface area contributed by atoms with Crippen molar-refractivity contribution < 1.29 is 29.0 Å². The molecule has 3 atom stereocenters. The second-order valence-electron chi connectivity index (χ2n) is 23.5. The monoisotopic (exact) mass is 1050 g/mol. The van der Waals surface area contributed by atoms with Gasteiger partial charge in [-0.3, -0.25) is 24.2 Å². The summed E-state index contributed by atoms with van der Waals surface area (Å²) in [6.45, 7) is 17.6. The second-order valence-corrected chi connectivity index (χ2v) is 23.5. The van der Waals surface area contributed by atoms with E-state index in [9.17, 15) is 19.5 Å². The molecule has 1 amide bonds. The first-order valence-electron chi connectivity index (χ1n) is 32.9. The maximum atomic E-state index is 13.4. The summed E-state index contributed by atoms with van der Waals surface area (Å²) in [5.74, 6) is 1.04. The normalized spacial score (nSPS) is 14.1. The minimum absolute atomic E-state index is 0.0125. The Morgan fingerprint density at radius 3 is 1.38 bits per heavy atom. The van der Waals surface area contributed by atoms with Gasteiger partial charge in [0, 0.05) is 57.4 Å². The Bertz CT molecular complexity index is 1230. The molecule has 74 heavy (non-hydrogen) atoms. The first-order chi connectivity index (χ1) is 36.3. The maximum Gasteiger partial charge on any atom is 0.306 e. The summed E-state index contributed by atoms with van der Waals surface area (Å²) in [6, 6.07) is 0.631. The van der Waals surface area contributed by atoms with E-state index in [1.165, 1.54) is 199 Å². The summed E-state index contributed by atoms with van der Waals surface area (Å²) in [5, 5.41) is 13.3. The molecular formula is C65H127N3O6. The van der Waals surface area contributed by atoms with Gasteiger partial charge in [0.2, 0.25) is 5.91 Å². The van der Waals surface area contributed by atoms with Crippen LogP contribution in [0.15, 0.2) is 0 Å². The zero-order valence-corrected chi connectivity index (χ0v) is 50.2. The van der Waals surface area contributed by atoms with Gasteiger partial charge in [0.25, 0.3) is 0 Å².